The largest absolute Gasteiger partial charge is 0.339 e. The van der Waals surface area contributed by atoms with E-state index in [0.717, 1.165) is 0 Å². The summed E-state index contributed by atoms with van der Waals surface area (Å²) in [6, 6.07) is 0. The number of nitrogens with zero attached hydrogens (tertiary/aromatic N) is 4. The van der Waals surface area contributed by atoms with Crippen LogP contribution in [0.15, 0.2) is 4.52 Å². The molecule has 2 saturated heterocycles. The highest BCUT2D eigenvalue weighted by Gasteiger charge is 2.61. The van der Waals surface area contributed by atoms with Gasteiger partial charge in [-0.2, -0.15) is 4.98 Å². The van der Waals surface area contributed by atoms with Crippen molar-refractivity contribution in [1.29, 1.82) is 0 Å². The molecular formula is C14H22N4O5S2. The summed E-state index contributed by atoms with van der Waals surface area (Å²) < 4.78 is 57.8. The van der Waals surface area contributed by atoms with Gasteiger partial charge in [0.1, 0.15) is 0 Å². The lowest BCUT2D eigenvalue weighted by atomic mass is 9.73. The van der Waals surface area contributed by atoms with Crippen molar-refractivity contribution in [3.05, 3.63) is 11.7 Å². The molecule has 0 amide bonds. The maximum atomic E-state index is 12.4. The molecule has 3 aliphatic rings. The fourth-order valence-electron chi connectivity index (χ4n) is 3.85. The SMILES string of the molecule is CCS(=O)(=O)N1CC(c2nc(C)no2)C2(C1)CN(S(=O)(=O)C1CC1)C2. The lowest BCUT2D eigenvalue weighted by Gasteiger charge is -2.49. The summed E-state index contributed by atoms with van der Waals surface area (Å²) in [7, 11) is -6.61. The fraction of sp³-hybridized carbons (Fsp3) is 0.857. The monoisotopic (exact) mass is 390 g/mol. The van der Waals surface area contributed by atoms with Crippen molar-refractivity contribution < 1.29 is 21.4 Å². The molecule has 3 fully saturated rings. The summed E-state index contributed by atoms with van der Waals surface area (Å²) in [4.78, 5) is 4.28. The van der Waals surface area contributed by atoms with E-state index in [1.165, 1.54) is 8.61 Å². The first kappa shape index (κ1) is 17.4. The summed E-state index contributed by atoms with van der Waals surface area (Å²) in [5, 5.41) is 3.55. The molecule has 3 heterocycles. The van der Waals surface area contributed by atoms with E-state index in [0.29, 0.717) is 44.2 Å². The predicted molar refractivity (Wildman–Crippen MR) is 88.8 cm³/mol. The highest BCUT2D eigenvalue weighted by Crippen LogP contribution is 2.51. The van der Waals surface area contributed by atoms with Gasteiger partial charge in [0.15, 0.2) is 5.82 Å². The molecule has 1 aliphatic carbocycles. The van der Waals surface area contributed by atoms with Crippen molar-refractivity contribution in [3.8, 4) is 0 Å². The summed E-state index contributed by atoms with van der Waals surface area (Å²) in [5.41, 5.74) is -0.483. The van der Waals surface area contributed by atoms with Crippen LogP contribution >= 0.6 is 0 Å². The summed E-state index contributed by atoms with van der Waals surface area (Å²) in [6.45, 7) is 4.50. The molecule has 0 aromatic carbocycles. The highest BCUT2D eigenvalue weighted by atomic mass is 32.2. The molecule has 1 aromatic heterocycles. The van der Waals surface area contributed by atoms with Crippen molar-refractivity contribution in [1.82, 2.24) is 18.8 Å². The third kappa shape index (κ3) is 2.71. The van der Waals surface area contributed by atoms with Crippen LogP contribution < -0.4 is 0 Å². The predicted octanol–water partition coefficient (Wildman–Crippen LogP) is -0.0789. The van der Waals surface area contributed by atoms with Crippen molar-refractivity contribution >= 4 is 20.0 Å². The third-order valence-corrected chi connectivity index (χ3v) is 9.59. The van der Waals surface area contributed by atoms with E-state index in [2.05, 4.69) is 10.1 Å². The van der Waals surface area contributed by atoms with Gasteiger partial charge in [0.25, 0.3) is 0 Å². The number of rotatable bonds is 5. The number of sulfonamides is 2. The van der Waals surface area contributed by atoms with Crippen LogP contribution in [0, 0.1) is 12.3 Å². The van der Waals surface area contributed by atoms with Crippen LogP contribution in [0.25, 0.3) is 0 Å². The lowest BCUT2D eigenvalue weighted by molar-refractivity contribution is 0.0591. The average Bonchev–Trinajstić information content (AvgIpc) is 3.17. The third-order valence-electron chi connectivity index (χ3n) is 5.50. The Morgan fingerprint density at radius 2 is 1.80 bits per heavy atom. The van der Waals surface area contributed by atoms with Crippen molar-refractivity contribution in [3.63, 3.8) is 0 Å². The average molecular weight is 390 g/mol. The number of aromatic nitrogens is 2. The Morgan fingerprint density at radius 1 is 1.16 bits per heavy atom. The minimum atomic E-state index is -3.36. The van der Waals surface area contributed by atoms with Gasteiger partial charge in [-0.3, -0.25) is 0 Å². The highest BCUT2D eigenvalue weighted by molar-refractivity contribution is 7.90. The topological polar surface area (TPSA) is 114 Å². The van der Waals surface area contributed by atoms with Gasteiger partial charge >= 0.3 is 0 Å². The molecular weight excluding hydrogens is 368 g/mol. The Labute approximate surface area is 147 Å². The van der Waals surface area contributed by atoms with Crippen LogP contribution in [0.2, 0.25) is 0 Å². The first-order valence-electron chi connectivity index (χ1n) is 8.45. The van der Waals surface area contributed by atoms with Crippen molar-refractivity contribution in [2.45, 2.75) is 37.9 Å². The number of hydrogen-bond acceptors (Lipinski definition) is 7. The van der Waals surface area contributed by atoms with E-state index in [4.69, 9.17) is 4.52 Å². The van der Waals surface area contributed by atoms with Gasteiger partial charge in [0, 0.05) is 31.6 Å². The van der Waals surface area contributed by atoms with Crippen LogP contribution in [0.1, 0.15) is 37.4 Å². The molecule has 1 saturated carbocycles. The van der Waals surface area contributed by atoms with E-state index in [-0.39, 0.29) is 23.5 Å². The van der Waals surface area contributed by atoms with E-state index >= 15 is 0 Å². The first-order valence-corrected chi connectivity index (χ1v) is 11.6. The Bertz CT molecular complexity index is 884. The molecule has 25 heavy (non-hydrogen) atoms. The molecule has 2 aliphatic heterocycles. The molecule has 11 heteroatoms. The molecule has 140 valence electrons. The summed E-state index contributed by atoms with van der Waals surface area (Å²) >= 11 is 0. The second-order valence-corrected chi connectivity index (χ2v) is 11.8. The molecule has 1 spiro atoms. The maximum absolute atomic E-state index is 12.4. The molecule has 0 N–H and O–H groups in total. The Hall–Kier alpha value is -1.04. The number of aryl methyl sites for hydroxylation is 1. The van der Waals surface area contributed by atoms with E-state index in [1.807, 2.05) is 0 Å². The van der Waals surface area contributed by atoms with E-state index < -0.39 is 25.5 Å². The standard InChI is InChI=1S/C14H22N4O5S2/c1-3-24(19,20)17-6-12(13-15-10(2)16-23-13)14(7-17)8-18(9-14)25(21,22)11-4-5-11/h11-12H,3-9H2,1-2H3. The molecule has 1 aromatic rings. The summed E-state index contributed by atoms with van der Waals surface area (Å²) in [6.07, 6.45) is 1.43. The maximum Gasteiger partial charge on any atom is 0.231 e. The Morgan fingerprint density at radius 3 is 2.32 bits per heavy atom. The first-order chi connectivity index (χ1) is 11.7. The smallest absolute Gasteiger partial charge is 0.231 e. The van der Waals surface area contributed by atoms with Gasteiger partial charge < -0.3 is 4.52 Å². The lowest BCUT2D eigenvalue weighted by Crippen LogP contribution is -2.62. The van der Waals surface area contributed by atoms with E-state index in [9.17, 15) is 16.8 Å². The molecule has 0 bridgehead atoms. The Kier molecular flexibility index (Phi) is 3.81. The minimum absolute atomic E-state index is 0.0166. The minimum Gasteiger partial charge on any atom is -0.339 e. The normalized spacial score (nSPS) is 27.7. The quantitative estimate of drug-likeness (QED) is 0.691. The second kappa shape index (κ2) is 5.48. The zero-order chi connectivity index (χ0) is 18.0. The Balaban J connectivity index is 1.62. The van der Waals surface area contributed by atoms with Gasteiger partial charge in [-0.15, -0.1) is 0 Å². The molecule has 4 rings (SSSR count). The van der Waals surface area contributed by atoms with Gasteiger partial charge in [0.05, 0.1) is 16.9 Å². The van der Waals surface area contributed by atoms with Crippen LogP contribution in [0.5, 0.6) is 0 Å². The van der Waals surface area contributed by atoms with Crippen LogP contribution in [0.4, 0.5) is 0 Å². The van der Waals surface area contributed by atoms with Crippen LogP contribution in [-0.2, 0) is 20.0 Å². The van der Waals surface area contributed by atoms with Gasteiger partial charge in [0.2, 0.25) is 25.9 Å². The van der Waals surface area contributed by atoms with Crippen molar-refractivity contribution in [2.24, 2.45) is 5.41 Å². The molecule has 1 unspecified atom stereocenters. The second-order valence-electron chi connectivity index (χ2n) is 7.30. The number of hydrogen-bond donors (Lipinski definition) is 0. The molecule has 9 nitrogen and oxygen atoms in total. The van der Waals surface area contributed by atoms with Gasteiger partial charge in [-0.1, -0.05) is 5.16 Å². The fourth-order valence-corrected chi connectivity index (χ4v) is 7.07. The van der Waals surface area contributed by atoms with Crippen LogP contribution in [0.3, 0.4) is 0 Å². The molecule has 0 radical (unpaired) electrons. The molecule has 1 atom stereocenters. The van der Waals surface area contributed by atoms with E-state index in [1.54, 1.807) is 13.8 Å². The zero-order valence-corrected chi connectivity index (χ0v) is 15.9. The van der Waals surface area contributed by atoms with Gasteiger partial charge in [-0.05, 0) is 26.7 Å². The van der Waals surface area contributed by atoms with Crippen LogP contribution in [-0.4, -0.2) is 72.8 Å². The van der Waals surface area contributed by atoms with Gasteiger partial charge in [-0.25, -0.2) is 25.4 Å². The summed E-state index contributed by atoms with van der Waals surface area (Å²) in [5.74, 6) is 0.627. The zero-order valence-electron chi connectivity index (χ0n) is 14.3. The van der Waals surface area contributed by atoms with Crippen molar-refractivity contribution in [2.75, 3.05) is 31.9 Å².